The lowest BCUT2D eigenvalue weighted by atomic mass is 10.1. The minimum atomic E-state index is -5.45. The smallest absolute Gasteiger partial charge is 0.462 e. The first-order valence-electron chi connectivity index (χ1n) is 27.2. The zero-order chi connectivity index (χ0) is 55.7. The van der Waals surface area contributed by atoms with E-state index in [2.05, 4.69) is 83.1 Å². The number of unbranched alkanes of at least 4 members (excludes halogenated alkanes) is 11. The molecule has 8 atom stereocenters. The Morgan fingerprint density at radius 2 is 1.18 bits per heavy atom. The first-order valence-corrected chi connectivity index (χ1v) is 30.2. The number of esters is 2. The lowest BCUT2D eigenvalue weighted by Crippen LogP contribution is -2.36. The molecule has 0 amide bonds. The standard InChI is InChI=1S/C55H89N3O16P2/c1-3-5-6-7-8-9-10-11-12-13-14-15-16-17-21-24-27-30-33-36-39-50(60)69-43-47(72-51(61)40-37-34-31-28-25-22-19-18-20-23-26-29-32-35-38-46(59)4-2)44-70-75(65,66)74-76(67,68)71-45-48-52(62)53(63)54(73-48)58-42-41-49(56)57-55(58)64/h9-10,12-13,15-16,19-20,22-23,28-29,31-32,41-42,46-48,52-54,59,62-63H,3-8,11,14,17-18,21,24-27,30,33-40,43-45H2,1-2H3,(H,65,66)(H,67,68)(H2,56,57,64)/b10-9-,13-12-,16-15-,22-19-,23-20-,31-28-,32-29-/t46-,47-,48-,52-,53-,54-/m1/s1. The summed E-state index contributed by atoms with van der Waals surface area (Å²) in [6.45, 7) is 1.79. The van der Waals surface area contributed by atoms with Crippen LogP contribution in [0.4, 0.5) is 5.82 Å². The fraction of sp³-hybridized carbons (Fsp3) is 0.636. The Balaban J connectivity index is 1.81. The van der Waals surface area contributed by atoms with Gasteiger partial charge >= 0.3 is 33.3 Å². The van der Waals surface area contributed by atoms with Crippen molar-refractivity contribution in [2.24, 2.45) is 0 Å². The van der Waals surface area contributed by atoms with Crippen molar-refractivity contribution in [3.8, 4) is 0 Å². The van der Waals surface area contributed by atoms with Crippen molar-refractivity contribution in [2.75, 3.05) is 25.6 Å². The van der Waals surface area contributed by atoms with E-state index < -0.39 is 83.7 Å². The maximum atomic E-state index is 12.9. The molecule has 2 rings (SSSR count). The van der Waals surface area contributed by atoms with Crippen LogP contribution in [0.3, 0.4) is 0 Å². The van der Waals surface area contributed by atoms with Crippen molar-refractivity contribution in [1.82, 2.24) is 9.55 Å². The van der Waals surface area contributed by atoms with Crippen LogP contribution >= 0.6 is 15.6 Å². The number of aliphatic hydroxyl groups excluding tert-OH is 3. The highest BCUT2D eigenvalue weighted by Crippen LogP contribution is 2.60. The zero-order valence-electron chi connectivity index (χ0n) is 44.9. The summed E-state index contributed by atoms with van der Waals surface area (Å²) in [6, 6.07) is 1.24. The molecule has 1 aromatic rings. The van der Waals surface area contributed by atoms with Gasteiger partial charge < -0.3 is 45.1 Å². The maximum Gasteiger partial charge on any atom is 0.481 e. The van der Waals surface area contributed by atoms with E-state index in [1.165, 1.54) is 31.7 Å². The molecule has 1 aliphatic heterocycles. The van der Waals surface area contributed by atoms with Crippen molar-refractivity contribution < 1.29 is 71.4 Å². The number of nitrogen functional groups attached to an aromatic ring is 1. The number of phosphoric acid groups is 2. The predicted octanol–water partition coefficient (Wildman–Crippen LogP) is 10.8. The van der Waals surface area contributed by atoms with E-state index in [1.807, 2.05) is 25.2 Å². The molecule has 0 aromatic carbocycles. The Kier molecular flexibility index (Phi) is 37.5. The number of anilines is 1. The fourth-order valence-corrected chi connectivity index (χ4v) is 9.58. The van der Waals surface area contributed by atoms with E-state index in [9.17, 15) is 48.6 Å². The van der Waals surface area contributed by atoms with Crippen LogP contribution in [0.1, 0.15) is 174 Å². The van der Waals surface area contributed by atoms with E-state index in [4.69, 9.17) is 29.0 Å². The third kappa shape index (κ3) is 33.9. The number of allylic oxidation sites excluding steroid dienone is 14. The van der Waals surface area contributed by atoms with Crippen LogP contribution in [0.25, 0.3) is 0 Å². The van der Waals surface area contributed by atoms with E-state index in [0.717, 1.165) is 101 Å². The number of hydrogen-bond donors (Lipinski definition) is 6. The molecule has 2 unspecified atom stereocenters. The summed E-state index contributed by atoms with van der Waals surface area (Å²) in [6.07, 6.45) is 43.1. The zero-order valence-corrected chi connectivity index (χ0v) is 46.7. The fourth-order valence-electron chi connectivity index (χ4n) is 7.47. The van der Waals surface area contributed by atoms with Crippen LogP contribution in [0, 0.1) is 0 Å². The van der Waals surface area contributed by atoms with Gasteiger partial charge in [-0.15, -0.1) is 0 Å². The number of phosphoric ester groups is 2. The largest absolute Gasteiger partial charge is 0.481 e. The second-order valence-corrected chi connectivity index (χ2v) is 21.6. The average molecular weight is 1110 g/mol. The highest BCUT2D eigenvalue weighted by Gasteiger charge is 2.46. The molecule has 0 radical (unpaired) electrons. The van der Waals surface area contributed by atoms with Gasteiger partial charge in [-0.1, -0.05) is 144 Å². The summed E-state index contributed by atoms with van der Waals surface area (Å²) in [5.41, 5.74) is 4.58. The van der Waals surface area contributed by atoms with Gasteiger partial charge in [0.15, 0.2) is 12.3 Å². The third-order valence-electron chi connectivity index (χ3n) is 11.9. The first-order chi connectivity index (χ1) is 36.6. The van der Waals surface area contributed by atoms with Crippen LogP contribution in [-0.2, 0) is 46.3 Å². The summed E-state index contributed by atoms with van der Waals surface area (Å²) < 4.78 is 56.8. The molecule has 1 aliphatic rings. The predicted molar refractivity (Wildman–Crippen MR) is 294 cm³/mol. The number of nitrogens with two attached hydrogens (primary N) is 1. The van der Waals surface area contributed by atoms with Gasteiger partial charge in [0, 0.05) is 19.0 Å². The molecular formula is C55H89N3O16P2. The number of carbonyl (C=O) groups is 2. The maximum absolute atomic E-state index is 12.9. The van der Waals surface area contributed by atoms with Gasteiger partial charge in [-0.2, -0.15) is 9.29 Å². The molecule has 0 bridgehead atoms. The minimum Gasteiger partial charge on any atom is -0.462 e. The Labute approximate surface area is 450 Å². The van der Waals surface area contributed by atoms with Gasteiger partial charge in [0.2, 0.25) is 0 Å². The number of nitrogens with zero attached hydrogens (tertiary/aromatic N) is 2. The molecule has 1 aromatic heterocycles. The summed E-state index contributed by atoms with van der Waals surface area (Å²) in [4.78, 5) is 62.0. The number of ether oxygens (including phenoxy) is 3. The van der Waals surface area contributed by atoms with Gasteiger partial charge in [0.25, 0.3) is 0 Å². The Morgan fingerprint density at radius 3 is 1.75 bits per heavy atom. The molecule has 21 heteroatoms. The van der Waals surface area contributed by atoms with Crippen molar-refractivity contribution in [3.63, 3.8) is 0 Å². The van der Waals surface area contributed by atoms with Gasteiger partial charge in [0.05, 0.1) is 19.3 Å². The molecule has 0 saturated carbocycles. The molecule has 1 fully saturated rings. The summed E-state index contributed by atoms with van der Waals surface area (Å²) in [5, 5.41) is 30.5. The number of hydrogen-bond acceptors (Lipinski definition) is 16. The van der Waals surface area contributed by atoms with Crippen molar-refractivity contribution in [3.05, 3.63) is 108 Å². The Hall–Kier alpha value is -4.10. The van der Waals surface area contributed by atoms with Gasteiger partial charge in [0.1, 0.15) is 30.7 Å². The van der Waals surface area contributed by atoms with E-state index in [0.29, 0.717) is 25.7 Å². The van der Waals surface area contributed by atoms with E-state index in [-0.39, 0.29) is 24.8 Å². The van der Waals surface area contributed by atoms with Gasteiger partial charge in [-0.05, 0) is 102 Å². The molecule has 76 heavy (non-hydrogen) atoms. The van der Waals surface area contributed by atoms with Crippen molar-refractivity contribution in [2.45, 2.75) is 205 Å². The van der Waals surface area contributed by atoms with Crippen LogP contribution in [-0.4, -0.2) is 96.9 Å². The number of rotatable bonds is 44. The third-order valence-corrected chi connectivity index (χ3v) is 14.5. The number of aliphatic hydroxyl groups is 3. The molecule has 2 heterocycles. The lowest BCUT2D eigenvalue weighted by Gasteiger charge is -2.21. The van der Waals surface area contributed by atoms with Crippen molar-refractivity contribution in [1.29, 1.82) is 0 Å². The monoisotopic (exact) mass is 1110 g/mol. The quantitative estimate of drug-likeness (QED) is 0.0153. The molecule has 1 saturated heterocycles. The van der Waals surface area contributed by atoms with Gasteiger partial charge in [-0.25, -0.2) is 13.9 Å². The Morgan fingerprint density at radius 1 is 0.684 bits per heavy atom. The number of carbonyl (C=O) groups excluding carboxylic acids is 2. The van der Waals surface area contributed by atoms with Crippen LogP contribution in [0.15, 0.2) is 102 Å². The second kappa shape index (κ2) is 41.9. The summed E-state index contributed by atoms with van der Waals surface area (Å²) in [7, 11) is -10.9. The minimum absolute atomic E-state index is 0.0465. The lowest BCUT2D eigenvalue weighted by molar-refractivity contribution is -0.161. The molecule has 19 nitrogen and oxygen atoms in total. The summed E-state index contributed by atoms with van der Waals surface area (Å²) in [5.74, 6) is -1.41. The van der Waals surface area contributed by atoms with Gasteiger partial charge in [-0.3, -0.25) is 23.2 Å². The highest BCUT2D eigenvalue weighted by molar-refractivity contribution is 7.61. The summed E-state index contributed by atoms with van der Waals surface area (Å²) >= 11 is 0. The molecule has 0 aliphatic carbocycles. The normalized spacial score (nSPS) is 19.8. The van der Waals surface area contributed by atoms with Crippen LogP contribution in [0.2, 0.25) is 0 Å². The van der Waals surface area contributed by atoms with E-state index in [1.54, 1.807) is 0 Å². The topological polar surface area (TPSA) is 286 Å². The molecule has 430 valence electrons. The number of aromatic nitrogens is 2. The molecular weight excluding hydrogens is 1020 g/mol. The second-order valence-electron chi connectivity index (χ2n) is 18.5. The highest BCUT2D eigenvalue weighted by atomic mass is 31.3. The van der Waals surface area contributed by atoms with Crippen LogP contribution < -0.4 is 11.4 Å². The van der Waals surface area contributed by atoms with Crippen LogP contribution in [0.5, 0.6) is 0 Å². The molecule has 7 N–H and O–H groups in total. The SMILES string of the molecule is CCCCCC/C=C\C/C=C\C/C=C\CCCCCCCCC(=O)OC[C@H](COP(=O)(O)OP(=O)(O)OC[C@H]1O[C@@H](n2ccc(N)nc2=O)[C@H](O)[C@@H]1O)OC(=O)CCC/C=C\C/C=C\C/C=C\C/C=C\CC[C@H](O)CC. The Bertz CT molecular complexity index is 2120. The van der Waals surface area contributed by atoms with Crippen molar-refractivity contribution >= 4 is 33.4 Å². The van der Waals surface area contributed by atoms with E-state index >= 15 is 0 Å². The molecule has 0 spiro atoms. The first kappa shape index (κ1) is 68.0. The average Bonchev–Trinajstić information content (AvgIpc) is 3.66.